The first kappa shape index (κ1) is 13.3. The van der Waals surface area contributed by atoms with E-state index in [1.54, 1.807) is 0 Å². The first-order valence-corrected chi connectivity index (χ1v) is 6.30. The van der Waals surface area contributed by atoms with Crippen LogP contribution in [0.4, 0.5) is 0 Å². The van der Waals surface area contributed by atoms with Gasteiger partial charge in [0.1, 0.15) is 0 Å². The van der Waals surface area contributed by atoms with Gasteiger partial charge in [-0.15, -0.1) is 11.6 Å². The number of hydrogen-bond acceptors (Lipinski definition) is 0. The van der Waals surface area contributed by atoms with E-state index >= 15 is 0 Å². The van der Waals surface area contributed by atoms with Crippen LogP contribution in [-0.2, 0) is 0 Å². The second-order valence-corrected chi connectivity index (χ2v) is 4.74. The summed E-state index contributed by atoms with van der Waals surface area (Å²) in [6.45, 7) is 6.63. The molecule has 0 radical (unpaired) electrons. The quantitative estimate of drug-likeness (QED) is 0.386. The molecule has 0 rings (SSSR count). The minimum absolute atomic E-state index is 0.358. The fourth-order valence-corrected chi connectivity index (χ4v) is 2.07. The van der Waals surface area contributed by atoms with Crippen LogP contribution in [0.3, 0.4) is 0 Å². The van der Waals surface area contributed by atoms with Crippen molar-refractivity contribution in [2.24, 2.45) is 5.92 Å². The van der Waals surface area contributed by atoms with Crippen molar-refractivity contribution in [1.29, 1.82) is 0 Å². The molecule has 0 spiro atoms. The number of rotatable bonds is 8. The summed E-state index contributed by atoms with van der Waals surface area (Å²) in [6.07, 6.45) is 9.47. The van der Waals surface area contributed by atoms with Gasteiger partial charge in [-0.25, -0.2) is 0 Å². The Labute approximate surface area is 89.1 Å². The standard InChI is InChI=1S/C12H25Cl/c1-4-6-7-8-9-10-12(5-2)11(3)13/h11-12H,4-10H2,1-3H3. The molecule has 0 saturated carbocycles. The maximum absolute atomic E-state index is 6.08. The van der Waals surface area contributed by atoms with Gasteiger partial charge < -0.3 is 0 Å². The highest BCUT2D eigenvalue weighted by molar-refractivity contribution is 6.20. The van der Waals surface area contributed by atoms with Gasteiger partial charge in [0.05, 0.1) is 0 Å². The molecule has 0 aromatic rings. The molecule has 80 valence electrons. The van der Waals surface area contributed by atoms with Crippen LogP contribution in [0.5, 0.6) is 0 Å². The van der Waals surface area contributed by atoms with Gasteiger partial charge >= 0.3 is 0 Å². The normalized spacial score (nSPS) is 15.7. The van der Waals surface area contributed by atoms with Crippen LogP contribution in [0, 0.1) is 5.92 Å². The largest absolute Gasteiger partial charge is 0.123 e. The monoisotopic (exact) mass is 204 g/mol. The van der Waals surface area contributed by atoms with Crippen molar-refractivity contribution in [3.05, 3.63) is 0 Å². The summed E-state index contributed by atoms with van der Waals surface area (Å²) < 4.78 is 0. The predicted octanol–water partition coefficient (Wildman–Crippen LogP) is 5.00. The Bertz CT molecular complexity index is 99.3. The Kier molecular flexibility index (Phi) is 9.07. The average Bonchev–Trinajstić information content (AvgIpc) is 2.10. The van der Waals surface area contributed by atoms with Crippen molar-refractivity contribution in [2.45, 2.75) is 71.1 Å². The highest BCUT2D eigenvalue weighted by atomic mass is 35.5. The van der Waals surface area contributed by atoms with Gasteiger partial charge in [-0.1, -0.05) is 52.4 Å². The van der Waals surface area contributed by atoms with Crippen molar-refractivity contribution in [3.8, 4) is 0 Å². The van der Waals surface area contributed by atoms with Crippen LogP contribution in [-0.4, -0.2) is 5.38 Å². The number of halogens is 1. The Morgan fingerprint density at radius 2 is 1.62 bits per heavy atom. The van der Waals surface area contributed by atoms with E-state index in [0.29, 0.717) is 5.38 Å². The molecular weight excluding hydrogens is 180 g/mol. The fourth-order valence-electron chi connectivity index (χ4n) is 1.77. The average molecular weight is 205 g/mol. The lowest BCUT2D eigenvalue weighted by Gasteiger charge is -2.16. The minimum Gasteiger partial charge on any atom is -0.123 e. The zero-order valence-corrected chi connectivity index (χ0v) is 10.2. The highest BCUT2D eigenvalue weighted by Crippen LogP contribution is 2.21. The zero-order valence-electron chi connectivity index (χ0n) is 9.48. The summed E-state index contributed by atoms with van der Waals surface area (Å²) in [4.78, 5) is 0. The summed E-state index contributed by atoms with van der Waals surface area (Å²) in [5.74, 6) is 0.739. The molecule has 0 nitrogen and oxygen atoms in total. The number of unbranched alkanes of at least 4 members (excludes halogenated alkanes) is 4. The van der Waals surface area contributed by atoms with Crippen LogP contribution >= 0.6 is 11.6 Å². The van der Waals surface area contributed by atoms with Crippen molar-refractivity contribution in [2.75, 3.05) is 0 Å². The molecule has 0 aliphatic heterocycles. The molecule has 0 saturated heterocycles. The van der Waals surface area contributed by atoms with E-state index in [9.17, 15) is 0 Å². The third kappa shape index (κ3) is 7.37. The third-order valence-corrected chi connectivity index (χ3v) is 3.21. The summed E-state index contributed by atoms with van der Waals surface area (Å²) in [6, 6.07) is 0. The van der Waals surface area contributed by atoms with E-state index in [1.807, 2.05) is 0 Å². The third-order valence-electron chi connectivity index (χ3n) is 2.85. The van der Waals surface area contributed by atoms with Crippen LogP contribution in [0.2, 0.25) is 0 Å². The summed E-state index contributed by atoms with van der Waals surface area (Å²) in [7, 11) is 0. The lowest BCUT2D eigenvalue weighted by molar-refractivity contribution is 0.433. The number of alkyl halides is 1. The Balaban J connectivity index is 3.28. The van der Waals surface area contributed by atoms with Gasteiger partial charge in [-0.3, -0.25) is 0 Å². The molecule has 13 heavy (non-hydrogen) atoms. The SMILES string of the molecule is CCCCCCCC(CC)C(C)Cl. The topological polar surface area (TPSA) is 0 Å². The molecule has 0 amide bonds. The lowest BCUT2D eigenvalue weighted by atomic mass is 9.95. The van der Waals surface area contributed by atoms with Gasteiger partial charge in [0.2, 0.25) is 0 Å². The van der Waals surface area contributed by atoms with E-state index in [2.05, 4.69) is 20.8 Å². The number of hydrogen-bond donors (Lipinski definition) is 0. The van der Waals surface area contributed by atoms with E-state index < -0.39 is 0 Å². The minimum atomic E-state index is 0.358. The van der Waals surface area contributed by atoms with Gasteiger partial charge in [-0.05, 0) is 19.3 Å². The molecule has 0 aromatic carbocycles. The smallest absolute Gasteiger partial charge is 0.0335 e. The second kappa shape index (κ2) is 8.87. The Morgan fingerprint density at radius 1 is 1.00 bits per heavy atom. The molecule has 2 atom stereocenters. The predicted molar refractivity (Wildman–Crippen MR) is 62.5 cm³/mol. The molecule has 2 unspecified atom stereocenters. The highest BCUT2D eigenvalue weighted by Gasteiger charge is 2.11. The molecule has 0 aliphatic carbocycles. The summed E-state index contributed by atoms with van der Waals surface area (Å²) in [5, 5.41) is 0.358. The summed E-state index contributed by atoms with van der Waals surface area (Å²) in [5.41, 5.74) is 0. The fraction of sp³-hybridized carbons (Fsp3) is 1.00. The van der Waals surface area contributed by atoms with Gasteiger partial charge in [0.15, 0.2) is 0 Å². The van der Waals surface area contributed by atoms with Crippen LogP contribution < -0.4 is 0 Å². The van der Waals surface area contributed by atoms with Gasteiger partial charge in [0, 0.05) is 5.38 Å². The molecule has 0 fully saturated rings. The second-order valence-electron chi connectivity index (χ2n) is 4.05. The van der Waals surface area contributed by atoms with Crippen molar-refractivity contribution in [3.63, 3.8) is 0 Å². The first-order chi connectivity index (χ1) is 6.22. The Morgan fingerprint density at radius 3 is 2.08 bits per heavy atom. The van der Waals surface area contributed by atoms with Gasteiger partial charge in [0.25, 0.3) is 0 Å². The zero-order chi connectivity index (χ0) is 10.1. The first-order valence-electron chi connectivity index (χ1n) is 5.86. The van der Waals surface area contributed by atoms with Crippen molar-refractivity contribution >= 4 is 11.6 Å². The maximum Gasteiger partial charge on any atom is 0.0335 e. The van der Waals surface area contributed by atoms with Crippen LogP contribution in [0.25, 0.3) is 0 Å². The van der Waals surface area contributed by atoms with Crippen molar-refractivity contribution < 1.29 is 0 Å². The molecule has 0 N–H and O–H groups in total. The molecule has 0 heterocycles. The molecule has 0 aliphatic rings. The maximum atomic E-state index is 6.08. The van der Waals surface area contributed by atoms with Crippen molar-refractivity contribution in [1.82, 2.24) is 0 Å². The van der Waals surface area contributed by atoms with E-state index in [1.165, 1.54) is 44.9 Å². The van der Waals surface area contributed by atoms with Crippen LogP contribution in [0.1, 0.15) is 65.7 Å². The van der Waals surface area contributed by atoms with Crippen LogP contribution in [0.15, 0.2) is 0 Å². The molecule has 0 aromatic heterocycles. The molecular formula is C12H25Cl. The molecule has 0 bridgehead atoms. The Hall–Kier alpha value is 0.290. The van der Waals surface area contributed by atoms with E-state index in [-0.39, 0.29) is 0 Å². The van der Waals surface area contributed by atoms with Gasteiger partial charge in [-0.2, -0.15) is 0 Å². The lowest BCUT2D eigenvalue weighted by Crippen LogP contribution is -2.09. The van der Waals surface area contributed by atoms with E-state index in [4.69, 9.17) is 11.6 Å². The summed E-state index contributed by atoms with van der Waals surface area (Å²) >= 11 is 6.08. The van der Waals surface area contributed by atoms with E-state index in [0.717, 1.165) is 5.92 Å². The molecule has 1 heteroatoms.